The number of aromatic nitrogens is 2. The lowest BCUT2D eigenvalue weighted by Gasteiger charge is -2.37. The number of carbonyl (C=O) groups is 1. The summed E-state index contributed by atoms with van der Waals surface area (Å²) < 4.78 is 32.6. The first-order valence-corrected chi connectivity index (χ1v) is 10.1. The van der Waals surface area contributed by atoms with Gasteiger partial charge < -0.3 is 19.5 Å². The Labute approximate surface area is 166 Å². The van der Waals surface area contributed by atoms with Crippen LogP contribution in [0.2, 0.25) is 0 Å². The van der Waals surface area contributed by atoms with E-state index in [4.69, 9.17) is 4.42 Å². The number of anilines is 1. The molecule has 1 N–H and O–H groups in total. The van der Waals surface area contributed by atoms with Gasteiger partial charge in [0.15, 0.2) is 17.9 Å². The van der Waals surface area contributed by atoms with Gasteiger partial charge in [0, 0.05) is 45.0 Å². The maximum Gasteiger partial charge on any atom is 0.298 e. The van der Waals surface area contributed by atoms with Crippen LogP contribution in [0.3, 0.4) is 0 Å². The lowest BCUT2D eigenvalue weighted by molar-refractivity contribution is -0.132. The van der Waals surface area contributed by atoms with Crippen LogP contribution in [0.25, 0.3) is 11.1 Å². The van der Waals surface area contributed by atoms with Gasteiger partial charge in [-0.25, -0.2) is 8.78 Å². The summed E-state index contributed by atoms with van der Waals surface area (Å²) in [5.74, 6) is -0.186. The highest BCUT2D eigenvalue weighted by Crippen LogP contribution is 2.25. The number of hydrogen-bond acceptors (Lipinski definition) is 7. The van der Waals surface area contributed by atoms with E-state index in [-0.39, 0.29) is 31.1 Å². The zero-order valence-corrected chi connectivity index (χ0v) is 16.0. The molecule has 0 unspecified atom stereocenters. The summed E-state index contributed by atoms with van der Waals surface area (Å²) >= 11 is 0. The molecule has 5 rings (SSSR count). The number of alkyl halides is 2. The number of piperazine rings is 1. The van der Waals surface area contributed by atoms with E-state index in [0.29, 0.717) is 24.6 Å². The third-order valence-electron chi connectivity index (χ3n) is 6.18. The van der Waals surface area contributed by atoms with E-state index in [1.807, 2.05) is 6.07 Å². The first-order chi connectivity index (χ1) is 14.1. The van der Waals surface area contributed by atoms with Crippen LogP contribution in [-0.2, 0) is 4.79 Å². The second-order valence-electron chi connectivity index (χ2n) is 7.99. The lowest BCUT2D eigenvalue weighted by atomic mass is 10.1. The molecule has 2 aromatic rings. The zero-order chi connectivity index (χ0) is 20.0. The molecule has 4 atom stereocenters. The maximum absolute atomic E-state index is 13.4. The molecule has 0 spiro atoms. The fourth-order valence-electron chi connectivity index (χ4n) is 4.49. The number of rotatable bonds is 3. The van der Waals surface area contributed by atoms with Crippen molar-refractivity contribution in [2.75, 3.05) is 50.7 Å². The molecule has 0 saturated carbocycles. The number of pyridine rings is 1. The Morgan fingerprint density at radius 2 is 1.93 bits per heavy atom. The van der Waals surface area contributed by atoms with Crippen LogP contribution >= 0.6 is 0 Å². The lowest BCUT2D eigenvalue weighted by Crippen LogP contribution is -2.51. The second kappa shape index (κ2) is 7.49. The maximum atomic E-state index is 13.4. The van der Waals surface area contributed by atoms with Crippen molar-refractivity contribution < 1.29 is 18.0 Å². The Morgan fingerprint density at radius 1 is 1.17 bits per heavy atom. The molecule has 3 aliphatic rings. The average Bonchev–Trinajstić information content (AvgIpc) is 3.46. The van der Waals surface area contributed by atoms with E-state index in [2.05, 4.69) is 25.1 Å². The number of hydrogen-bond donors (Lipinski definition) is 1. The number of fused-ring (bicyclic) bond motifs is 1. The molecule has 8 nitrogen and oxygen atoms in total. The van der Waals surface area contributed by atoms with Gasteiger partial charge in [-0.05, 0) is 12.5 Å². The first-order valence-electron chi connectivity index (χ1n) is 10.1. The van der Waals surface area contributed by atoms with Crippen molar-refractivity contribution in [1.82, 2.24) is 25.1 Å². The van der Waals surface area contributed by atoms with Crippen LogP contribution < -0.4 is 10.2 Å². The third-order valence-corrected chi connectivity index (χ3v) is 6.18. The van der Waals surface area contributed by atoms with Gasteiger partial charge in [0.2, 0.25) is 5.91 Å². The van der Waals surface area contributed by atoms with Gasteiger partial charge in [-0.1, -0.05) is 0 Å². The summed E-state index contributed by atoms with van der Waals surface area (Å²) in [4.78, 5) is 26.9. The fraction of sp³-hybridized carbons (Fsp3) is 0.632. The summed E-state index contributed by atoms with van der Waals surface area (Å²) in [6.07, 6.45) is 0.900. The minimum Gasteiger partial charge on any atom is -0.422 e. The predicted molar refractivity (Wildman–Crippen MR) is 102 cm³/mol. The van der Waals surface area contributed by atoms with Gasteiger partial charge in [-0.2, -0.15) is 4.98 Å². The van der Waals surface area contributed by atoms with Crippen LogP contribution in [0.5, 0.6) is 0 Å². The Hall–Kier alpha value is -2.33. The SMILES string of the molecule is O=C([C@@H]1C[C@H](N2CCN(c3nc4ccncc4o3)CC2)CN1)N1C[C@@H](F)[C@@H](F)C1. The quantitative estimate of drug-likeness (QED) is 0.800. The minimum absolute atomic E-state index is 0.137. The molecular formula is C19H24F2N6O2. The Bertz CT molecular complexity index is 843. The summed E-state index contributed by atoms with van der Waals surface area (Å²) in [6, 6.07) is 2.32. The number of nitrogens with one attached hydrogen (secondary N) is 1. The molecule has 3 aliphatic heterocycles. The van der Waals surface area contributed by atoms with Crippen LogP contribution in [0.4, 0.5) is 14.8 Å². The number of carbonyl (C=O) groups excluding carboxylic acids is 1. The molecule has 1 amide bonds. The standard InChI is InChI=1S/C19H24F2N6O2/c20-13-10-27(11-14(13)21)18(28)16-7-12(8-23-16)25-3-5-26(6-4-25)19-24-15-1-2-22-9-17(15)29-19/h1-2,9,12-14,16,23H,3-8,10-11H2/t12-,13-,14+,16-/m0/s1. The monoisotopic (exact) mass is 406 g/mol. The molecule has 0 bridgehead atoms. The van der Waals surface area contributed by atoms with Crippen molar-refractivity contribution in [2.24, 2.45) is 0 Å². The number of oxazole rings is 1. The third kappa shape index (κ3) is 3.55. The van der Waals surface area contributed by atoms with Crippen molar-refractivity contribution in [3.63, 3.8) is 0 Å². The molecule has 3 saturated heterocycles. The van der Waals surface area contributed by atoms with E-state index >= 15 is 0 Å². The highest BCUT2D eigenvalue weighted by atomic mass is 19.2. The molecular weight excluding hydrogens is 382 g/mol. The Kier molecular flexibility index (Phi) is 4.83. The molecule has 0 aliphatic carbocycles. The number of halogens is 2. The number of likely N-dealkylation sites (tertiary alicyclic amines) is 1. The van der Waals surface area contributed by atoms with Crippen LogP contribution in [0.1, 0.15) is 6.42 Å². The smallest absolute Gasteiger partial charge is 0.298 e. The first kappa shape index (κ1) is 18.7. The van der Waals surface area contributed by atoms with Crippen molar-refractivity contribution in [3.05, 3.63) is 18.5 Å². The van der Waals surface area contributed by atoms with Crippen molar-refractivity contribution in [3.8, 4) is 0 Å². The van der Waals surface area contributed by atoms with Crippen LogP contribution in [-0.4, -0.2) is 95.9 Å². The van der Waals surface area contributed by atoms with E-state index in [1.165, 1.54) is 4.90 Å². The fourth-order valence-corrected chi connectivity index (χ4v) is 4.49. The van der Waals surface area contributed by atoms with E-state index in [0.717, 1.165) is 31.7 Å². The Morgan fingerprint density at radius 3 is 2.66 bits per heavy atom. The zero-order valence-electron chi connectivity index (χ0n) is 16.0. The van der Waals surface area contributed by atoms with Crippen LogP contribution in [0.15, 0.2) is 22.9 Å². The summed E-state index contributed by atoms with van der Waals surface area (Å²) in [6.45, 7) is 3.68. The van der Waals surface area contributed by atoms with Crippen molar-refractivity contribution in [1.29, 1.82) is 0 Å². The van der Waals surface area contributed by atoms with Gasteiger partial charge in [-0.15, -0.1) is 0 Å². The molecule has 0 radical (unpaired) electrons. The van der Waals surface area contributed by atoms with E-state index in [1.54, 1.807) is 12.4 Å². The molecule has 2 aromatic heterocycles. The summed E-state index contributed by atoms with van der Waals surface area (Å²) in [5, 5.41) is 3.24. The molecule has 5 heterocycles. The Balaban J connectivity index is 1.15. The largest absolute Gasteiger partial charge is 0.422 e. The van der Waals surface area contributed by atoms with Gasteiger partial charge in [-0.3, -0.25) is 14.7 Å². The van der Waals surface area contributed by atoms with Gasteiger partial charge in [0.25, 0.3) is 6.01 Å². The van der Waals surface area contributed by atoms with Gasteiger partial charge in [0.05, 0.1) is 25.3 Å². The molecule has 3 fully saturated rings. The molecule has 10 heteroatoms. The van der Waals surface area contributed by atoms with E-state index in [9.17, 15) is 13.6 Å². The highest BCUT2D eigenvalue weighted by molar-refractivity contribution is 5.82. The number of nitrogens with zero attached hydrogens (tertiary/aromatic N) is 5. The van der Waals surface area contributed by atoms with E-state index < -0.39 is 12.3 Å². The molecule has 156 valence electrons. The summed E-state index contributed by atoms with van der Waals surface area (Å²) in [7, 11) is 0. The molecule has 0 aromatic carbocycles. The normalized spacial score (nSPS) is 31.1. The summed E-state index contributed by atoms with van der Waals surface area (Å²) in [5.41, 5.74) is 1.48. The number of amides is 1. The minimum atomic E-state index is -1.56. The van der Waals surface area contributed by atoms with Crippen molar-refractivity contribution in [2.45, 2.75) is 30.8 Å². The van der Waals surface area contributed by atoms with Gasteiger partial charge >= 0.3 is 0 Å². The average molecular weight is 406 g/mol. The highest BCUT2D eigenvalue weighted by Gasteiger charge is 2.41. The predicted octanol–water partition coefficient (Wildman–Crippen LogP) is 0.594. The van der Waals surface area contributed by atoms with Crippen molar-refractivity contribution >= 4 is 23.0 Å². The second-order valence-corrected chi connectivity index (χ2v) is 7.99. The topological polar surface area (TPSA) is 77.7 Å². The molecule has 29 heavy (non-hydrogen) atoms. The van der Waals surface area contributed by atoms with Gasteiger partial charge in [0.1, 0.15) is 5.52 Å². The van der Waals surface area contributed by atoms with Crippen LogP contribution in [0, 0.1) is 0 Å².